The average molecular weight is 385 g/mol. The van der Waals surface area contributed by atoms with Gasteiger partial charge in [-0.3, -0.25) is 0 Å². The van der Waals surface area contributed by atoms with Crippen LogP contribution in [0.5, 0.6) is 0 Å². The van der Waals surface area contributed by atoms with Crippen LogP contribution in [-0.4, -0.2) is 5.33 Å². The number of rotatable bonds is 2. The molecule has 1 atom stereocenters. The lowest BCUT2D eigenvalue weighted by atomic mass is 9.89. The van der Waals surface area contributed by atoms with Gasteiger partial charge in [-0.05, 0) is 35.4 Å². The highest BCUT2D eigenvalue weighted by molar-refractivity contribution is 9.09. The van der Waals surface area contributed by atoms with Gasteiger partial charge < -0.3 is 0 Å². The van der Waals surface area contributed by atoms with Gasteiger partial charge in [0.15, 0.2) is 0 Å². The summed E-state index contributed by atoms with van der Waals surface area (Å²) in [5.74, 6) is -0.146. The zero-order valence-electron chi connectivity index (χ0n) is 11.4. The molecule has 1 unspecified atom stereocenters. The maximum atomic E-state index is 13.0. The van der Waals surface area contributed by atoms with Crippen LogP contribution in [0.3, 0.4) is 0 Å². The summed E-state index contributed by atoms with van der Waals surface area (Å²) in [7, 11) is 0. The Balaban J connectivity index is 2.15. The van der Waals surface area contributed by atoms with Crippen molar-refractivity contribution < 1.29 is 13.2 Å². The number of alkyl halides is 4. The van der Waals surface area contributed by atoms with Gasteiger partial charge in [0.1, 0.15) is 0 Å². The third-order valence-corrected chi connectivity index (χ3v) is 5.12. The molecule has 0 spiro atoms. The normalized spacial score (nSPS) is 17.4. The number of allylic oxidation sites excluding steroid dienone is 2. The summed E-state index contributed by atoms with van der Waals surface area (Å²) in [5, 5.41) is 0.674. The van der Waals surface area contributed by atoms with E-state index in [1.165, 1.54) is 17.8 Å². The van der Waals surface area contributed by atoms with Crippen molar-refractivity contribution in [2.24, 2.45) is 0 Å². The molecule has 0 fully saturated rings. The highest BCUT2D eigenvalue weighted by Gasteiger charge is 2.33. The van der Waals surface area contributed by atoms with Crippen molar-refractivity contribution in [2.75, 3.05) is 5.33 Å². The van der Waals surface area contributed by atoms with Gasteiger partial charge in [-0.1, -0.05) is 58.0 Å². The number of hydrogen-bond donors (Lipinski definition) is 0. The van der Waals surface area contributed by atoms with Crippen LogP contribution in [-0.2, 0) is 6.18 Å². The molecule has 0 bridgehead atoms. The Morgan fingerprint density at radius 3 is 2.50 bits per heavy atom. The second-order valence-corrected chi connectivity index (χ2v) is 6.68. The van der Waals surface area contributed by atoms with E-state index in [0.717, 1.165) is 27.0 Å². The number of hydrogen-bond acceptors (Lipinski definition) is 1. The standard InChI is InChI=1S/C17H12BrF3S/c18-9-3-5-12-13-4-1-2-6-15(13)22-16-8-7-11(10-14(12)16)17(19,20)21/h1-8,10,12H,9H2. The second kappa shape index (κ2) is 6.13. The molecular weight excluding hydrogens is 373 g/mol. The second-order valence-electron chi connectivity index (χ2n) is 4.95. The highest BCUT2D eigenvalue weighted by Crippen LogP contribution is 2.47. The maximum Gasteiger partial charge on any atom is 0.416 e. The smallest absolute Gasteiger partial charge is 0.166 e. The number of halogens is 4. The Labute approximate surface area is 139 Å². The minimum atomic E-state index is -4.32. The van der Waals surface area contributed by atoms with E-state index >= 15 is 0 Å². The molecule has 22 heavy (non-hydrogen) atoms. The topological polar surface area (TPSA) is 0 Å². The van der Waals surface area contributed by atoms with Crippen LogP contribution in [0.1, 0.15) is 22.6 Å². The Kier molecular flexibility index (Phi) is 4.37. The molecule has 1 heterocycles. The van der Waals surface area contributed by atoms with E-state index in [4.69, 9.17) is 0 Å². The molecule has 0 aliphatic carbocycles. The van der Waals surface area contributed by atoms with Gasteiger partial charge in [0.05, 0.1) is 5.56 Å². The monoisotopic (exact) mass is 384 g/mol. The van der Waals surface area contributed by atoms with E-state index in [0.29, 0.717) is 5.33 Å². The van der Waals surface area contributed by atoms with E-state index in [9.17, 15) is 13.2 Å². The number of fused-ring (bicyclic) bond motifs is 2. The summed E-state index contributed by atoms with van der Waals surface area (Å²) < 4.78 is 39.0. The molecule has 0 aromatic heterocycles. The predicted molar refractivity (Wildman–Crippen MR) is 86.8 cm³/mol. The Hall–Kier alpha value is -1.20. The van der Waals surface area contributed by atoms with Gasteiger partial charge in [0.25, 0.3) is 0 Å². The van der Waals surface area contributed by atoms with Crippen molar-refractivity contribution in [2.45, 2.75) is 21.9 Å². The van der Waals surface area contributed by atoms with Crippen molar-refractivity contribution in [1.82, 2.24) is 0 Å². The molecule has 0 amide bonds. The van der Waals surface area contributed by atoms with Gasteiger partial charge in [-0.15, -0.1) is 0 Å². The van der Waals surface area contributed by atoms with E-state index in [1.54, 1.807) is 6.07 Å². The maximum absolute atomic E-state index is 13.0. The van der Waals surface area contributed by atoms with Crippen molar-refractivity contribution >= 4 is 27.7 Å². The molecule has 5 heteroatoms. The van der Waals surface area contributed by atoms with Crippen LogP contribution in [0.2, 0.25) is 0 Å². The van der Waals surface area contributed by atoms with Gasteiger partial charge in [-0.25, -0.2) is 0 Å². The average Bonchev–Trinajstić information content (AvgIpc) is 2.50. The third kappa shape index (κ3) is 2.97. The van der Waals surface area contributed by atoms with Gasteiger partial charge in [0.2, 0.25) is 0 Å². The first-order valence-corrected chi connectivity index (χ1v) is 8.65. The first-order chi connectivity index (χ1) is 10.5. The molecule has 114 valence electrons. The largest absolute Gasteiger partial charge is 0.416 e. The molecule has 0 radical (unpaired) electrons. The molecule has 0 saturated heterocycles. The van der Waals surface area contributed by atoms with Crippen LogP contribution in [0.4, 0.5) is 13.2 Å². The fourth-order valence-electron chi connectivity index (χ4n) is 2.57. The molecular formula is C17H12BrF3S. The predicted octanol–water partition coefficient (Wildman–Crippen LogP) is 6.25. The molecule has 3 rings (SSSR count). The number of benzene rings is 2. The molecule has 0 saturated carbocycles. The van der Waals surface area contributed by atoms with Crippen molar-refractivity contribution in [3.63, 3.8) is 0 Å². The molecule has 1 aliphatic rings. The summed E-state index contributed by atoms with van der Waals surface area (Å²) in [6, 6.07) is 11.9. The first kappa shape index (κ1) is 15.7. The summed E-state index contributed by atoms with van der Waals surface area (Å²) in [6.45, 7) is 0. The minimum Gasteiger partial charge on any atom is -0.166 e. The van der Waals surface area contributed by atoms with Crippen molar-refractivity contribution in [3.8, 4) is 0 Å². The van der Waals surface area contributed by atoms with Crippen LogP contribution in [0.25, 0.3) is 0 Å². The fourth-order valence-corrected chi connectivity index (χ4v) is 3.92. The lowest BCUT2D eigenvalue weighted by Gasteiger charge is -2.26. The Morgan fingerprint density at radius 2 is 1.77 bits per heavy atom. The zero-order chi connectivity index (χ0) is 15.7. The Bertz CT molecular complexity index is 722. The molecule has 0 N–H and O–H groups in total. The minimum absolute atomic E-state index is 0.146. The SMILES string of the molecule is FC(F)(F)c1ccc2c(c1)C(C=CCBr)c1ccccc1S2. The van der Waals surface area contributed by atoms with E-state index < -0.39 is 11.7 Å². The first-order valence-electron chi connectivity index (χ1n) is 6.71. The molecule has 2 aromatic carbocycles. The van der Waals surface area contributed by atoms with Crippen LogP contribution < -0.4 is 0 Å². The molecule has 2 aromatic rings. The fraction of sp³-hybridized carbons (Fsp3) is 0.176. The lowest BCUT2D eigenvalue weighted by Crippen LogP contribution is -2.10. The van der Waals surface area contributed by atoms with Crippen LogP contribution in [0, 0.1) is 0 Å². The quantitative estimate of drug-likeness (QED) is 0.435. The summed E-state index contributed by atoms with van der Waals surface area (Å²) in [6.07, 6.45) is -0.423. The van der Waals surface area contributed by atoms with E-state index in [-0.39, 0.29) is 5.92 Å². The van der Waals surface area contributed by atoms with Crippen molar-refractivity contribution in [3.05, 3.63) is 71.3 Å². The van der Waals surface area contributed by atoms with Crippen LogP contribution in [0.15, 0.2) is 64.4 Å². The van der Waals surface area contributed by atoms with Crippen LogP contribution >= 0.6 is 27.7 Å². The molecule has 0 nitrogen and oxygen atoms in total. The van der Waals surface area contributed by atoms with Crippen molar-refractivity contribution in [1.29, 1.82) is 0 Å². The highest BCUT2D eigenvalue weighted by atomic mass is 79.9. The molecule has 1 aliphatic heterocycles. The summed E-state index contributed by atoms with van der Waals surface area (Å²) in [5.41, 5.74) is 1.18. The summed E-state index contributed by atoms with van der Waals surface area (Å²) in [4.78, 5) is 1.98. The van der Waals surface area contributed by atoms with E-state index in [1.807, 2.05) is 36.4 Å². The third-order valence-electron chi connectivity index (χ3n) is 3.56. The van der Waals surface area contributed by atoms with E-state index in [2.05, 4.69) is 15.9 Å². The summed E-state index contributed by atoms with van der Waals surface area (Å²) >= 11 is 4.86. The zero-order valence-corrected chi connectivity index (χ0v) is 13.8. The van der Waals surface area contributed by atoms with Gasteiger partial charge >= 0.3 is 6.18 Å². The lowest BCUT2D eigenvalue weighted by molar-refractivity contribution is -0.137. The Morgan fingerprint density at radius 1 is 1.05 bits per heavy atom. The van der Waals surface area contributed by atoms with Gasteiger partial charge in [0, 0.05) is 21.0 Å². The van der Waals surface area contributed by atoms with Gasteiger partial charge in [-0.2, -0.15) is 13.2 Å².